The highest BCUT2D eigenvalue weighted by molar-refractivity contribution is 5.94. The molecule has 0 aromatic heterocycles. The Labute approximate surface area is 133 Å². The number of nitrogens with one attached hydrogen (secondary N) is 1. The van der Waals surface area contributed by atoms with E-state index in [0.29, 0.717) is 12.1 Å². The summed E-state index contributed by atoms with van der Waals surface area (Å²) in [5.41, 5.74) is 1.27. The third-order valence-corrected chi connectivity index (χ3v) is 5.36. The van der Waals surface area contributed by atoms with E-state index in [-0.39, 0.29) is 12.0 Å². The Morgan fingerprint density at radius 2 is 1.95 bits per heavy atom. The zero-order valence-corrected chi connectivity index (χ0v) is 13.6. The Morgan fingerprint density at radius 1 is 1.18 bits per heavy atom. The van der Waals surface area contributed by atoms with E-state index in [0.717, 1.165) is 19.3 Å². The zero-order valence-electron chi connectivity index (χ0n) is 13.6. The maximum absolute atomic E-state index is 9.12. The molecule has 22 heavy (non-hydrogen) atoms. The molecule has 1 aromatic rings. The lowest BCUT2D eigenvalue weighted by atomic mass is 9.77. The van der Waals surface area contributed by atoms with Crippen LogP contribution in [0.5, 0.6) is 0 Å². The first-order valence-corrected chi connectivity index (χ1v) is 8.75. The molecule has 0 radical (unpaired) electrons. The van der Waals surface area contributed by atoms with Crippen molar-refractivity contribution in [2.75, 3.05) is 6.61 Å². The summed E-state index contributed by atoms with van der Waals surface area (Å²) in [5.74, 6) is 1.17. The second kappa shape index (κ2) is 6.82. The van der Waals surface area contributed by atoms with Gasteiger partial charge in [0.25, 0.3) is 0 Å². The van der Waals surface area contributed by atoms with Gasteiger partial charge in [-0.05, 0) is 44.6 Å². The first-order valence-electron chi connectivity index (χ1n) is 8.75. The van der Waals surface area contributed by atoms with Gasteiger partial charge >= 0.3 is 0 Å². The molecule has 3 heteroatoms. The normalized spacial score (nSPS) is 26.7. The second-order valence-electron chi connectivity index (χ2n) is 6.96. The van der Waals surface area contributed by atoms with E-state index in [9.17, 15) is 0 Å². The summed E-state index contributed by atoms with van der Waals surface area (Å²) in [5, 5.41) is 12.9. The van der Waals surface area contributed by atoms with Crippen molar-refractivity contribution in [3.8, 4) is 0 Å². The Bertz CT molecular complexity index is 513. The molecule has 0 amide bonds. The number of amidine groups is 1. The Balaban J connectivity index is 1.85. The summed E-state index contributed by atoms with van der Waals surface area (Å²) < 4.78 is 0. The van der Waals surface area contributed by atoms with Crippen LogP contribution in [0.1, 0.15) is 57.4 Å². The number of benzene rings is 1. The molecule has 0 unspecified atom stereocenters. The topological polar surface area (TPSA) is 44.6 Å². The van der Waals surface area contributed by atoms with Crippen LogP contribution in [0.3, 0.4) is 0 Å². The second-order valence-corrected chi connectivity index (χ2v) is 6.96. The molecule has 2 aliphatic rings. The lowest BCUT2D eigenvalue weighted by Gasteiger charge is -2.32. The molecule has 3 rings (SSSR count). The van der Waals surface area contributed by atoms with Gasteiger partial charge in [0.05, 0.1) is 6.04 Å². The third kappa shape index (κ3) is 3.05. The number of fused-ring (bicyclic) bond motifs is 1. The number of nitrogens with zero attached hydrogens (tertiary/aromatic N) is 1. The highest BCUT2D eigenvalue weighted by atomic mass is 16.2. The van der Waals surface area contributed by atoms with Crippen molar-refractivity contribution < 1.29 is 5.11 Å². The molecule has 3 nitrogen and oxygen atoms in total. The van der Waals surface area contributed by atoms with E-state index in [1.54, 1.807) is 0 Å². The Morgan fingerprint density at radius 3 is 2.68 bits per heavy atom. The summed E-state index contributed by atoms with van der Waals surface area (Å²) in [7, 11) is 0. The minimum absolute atomic E-state index is 0.0617. The molecule has 1 saturated carbocycles. The van der Waals surface area contributed by atoms with Crippen LogP contribution in [-0.4, -0.2) is 29.6 Å². The fourth-order valence-corrected chi connectivity index (χ4v) is 3.91. The maximum Gasteiger partial charge on any atom is 0.107 e. The van der Waals surface area contributed by atoms with Gasteiger partial charge in [0.15, 0.2) is 0 Å². The van der Waals surface area contributed by atoms with Gasteiger partial charge < -0.3 is 10.4 Å². The molecule has 1 aromatic carbocycles. The van der Waals surface area contributed by atoms with Gasteiger partial charge in [-0.2, -0.15) is 0 Å². The van der Waals surface area contributed by atoms with Gasteiger partial charge in [0, 0.05) is 18.1 Å². The number of hydrogen-bond acceptors (Lipinski definition) is 3. The number of aliphatic hydroxyl groups is 1. The van der Waals surface area contributed by atoms with Crippen molar-refractivity contribution in [2.24, 2.45) is 4.99 Å². The van der Waals surface area contributed by atoms with Gasteiger partial charge in [-0.3, -0.25) is 4.99 Å². The summed E-state index contributed by atoms with van der Waals surface area (Å²) in [4.78, 5) is 5.08. The fraction of sp³-hybridized carbons (Fsp3) is 0.632. The molecule has 0 saturated heterocycles. The van der Waals surface area contributed by atoms with Crippen molar-refractivity contribution in [1.29, 1.82) is 0 Å². The predicted octanol–water partition coefficient (Wildman–Crippen LogP) is 3.42. The summed E-state index contributed by atoms with van der Waals surface area (Å²) in [6, 6.07) is 11.7. The first-order chi connectivity index (χ1) is 10.7. The Hall–Kier alpha value is -1.35. The smallest absolute Gasteiger partial charge is 0.107 e. The fourth-order valence-electron chi connectivity index (χ4n) is 3.91. The van der Waals surface area contributed by atoms with E-state index < -0.39 is 0 Å². The predicted molar refractivity (Wildman–Crippen MR) is 91.3 cm³/mol. The quantitative estimate of drug-likeness (QED) is 0.791. The van der Waals surface area contributed by atoms with Crippen LogP contribution in [0.2, 0.25) is 0 Å². The first kappa shape index (κ1) is 15.5. The highest BCUT2D eigenvalue weighted by Crippen LogP contribution is 2.35. The maximum atomic E-state index is 9.12. The molecular weight excluding hydrogens is 272 g/mol. The number of rotatable bonds is 6. The SMILES string of the molecule is C[C@@](CCCCO)(C1=N[C@H]2CCCC[C@@H]2N1)c1ccccc1. The van der Waals surface area contributed by atoms with E-state index in [4.69, 9.17) is 10.1 Å². The van der Waals surface area contributed by atoms with Gasteiger partial charge in [-0.1, -0.05) is 43.2 Å². The van der Waals surface area contributed by atoms with Crippen LogP contribution in [0, 0.1) is 0 Å². The molecule has 0 spiro atoms. The lowest BCUT2D eigenvalue weighted by molar-refractivity contribution is 0.279. The minimum Gasteiger partial charge on any atom is -0.396 e. The summed E-state index contributed by atoms with van der Waals surface area (Å²) in [6.45, 7) is 2.58. The van der Waals surface area contributed by atoms with Crippen LogP contribution in [0.25, 0.3) is 0 Å². The number of aliphatic imine (C=N–C) groups is 1. The molecule has 1 aliphatic heterocycles. The van der Waals surface area contributed by atoms with E-state index >= 15 is 0 Å². The average Bonchev–Trinajstić information content (AvgIpc) is 3.00. The minimum atomic E-state index is -0.0617. The molecule has 1 heterocycles. The molecule has 0 bridgehead atoms. The summed E-state index contributed by atoms with van der Waals surface area (Å²) >= 11 is 0. The molecule has 1 aliphatic carbocycles. The van der Waals surface area contributed by atoms with Crippen molar-refractivity contribution in [3.63, 3.8) is 0 Å². The van der Waals surface area contributed by atoms with Crippen LogP contribution in [0.4, 0.5) is 0 Å². The van der Waals surface area contributed by atoms with E-state index in [1.807, 2.05) is 0 Å². The Kier molecular flexibility index (Phi) is 4.82. The third-order valence-electron chi connectivity index (χ3n) is 5.36. The number of hydrogen-bond donors (Lipinski definition) is 2. The molecule has 3 atom stereocenters. The molecule has 2 N–H and O–H groups in total. The van der Waals surface area contributed by atoms with Crippen LogP contribution < -0.4 is 5.32 Å². The monoisotopic (exact) mass is 300 g/mol. The largest absolute Gasteiger partial charge is 0.396 e. The molecular formula is C19H28N2O. The standard InChI is InChI=1S/C19H28N2O/c1-19(13-7-8-14-22,15-9-3-2-4-10-15)18-20-16-11-5-6-12-17(16)21-18/h2-4,9-10,16-17,22H,5-8,11-14H2,1H3,(H,20,21)/t16-,17-,19-/m0/s1. The van der Waals surface area contributed by atoms with Gasteiger partial charge in [0.2, 0.25) is 0 Å². The van der Waals surface area contributed by atoms with Crippen molar-refractivity contribution in [3.05, 3.63) is 35.9 Å². The highest BCUT2D eigenvalue weighted by Gasteiger charge is 2.40. The van der Waals surface area contributed by atoms with Crippen LogP contribution in [-0.2, 0) is 5.41 Å². The average molecular weight is 300 g/mol. The number of unbranched alkanes of at least 4 members (excludes halogenated alkanes) is 1. The van der Waals surface area contributed by atoms with Crippen LogP contribution in [0.15, 0.2) is 35.3 Å². The molecule has 1 fully saturated rings. The van der Waals surface area contributed by atoms with Crippen molar-refractivity contribution in [1.82, 2.24) is 5.32 Å². The summed E-state index contributed by atoms with van der Waals surface area (Å²) in [6.07, 6.45) is 8.03. The van der Waals surface area contributed by atoms with Crippen molar-refractivity contribution in [2.45, 2.75) is 69.4 Å². The zero-order chi connectivity index (χ0) is 15.4. The number of aliphatic hydroxyl groups excluding tert-OH is 1. The van der Waals surface area contributed by atoms with Gasteiger partial charge in [-0.15, -0.1) is 0 Å². The van der Waals surface area contributed by atoms with Crippen molar-refractivity contribution >= 4 is 5.84 Å². The lowest BCUT2D eigenvalue weighted by Crippen LogP contribution is -2.44. The van der Waals surface area contributed by atoms with E-state index in [1.165, 1.54) is 37.1 Å². The van der Waals surface area contributed by atoms with Crippen LogP contribution >= 0.6 is 0 Å². The molecule has 120 valence electrons. The van der Waals surface area contributed by atoms with E-state index in [2.05, 4.69) is 42.6 Å². The van der Waals surface area contributed by atoms with Gasteiger partial charge in [0.1, 0.15) is 5.84 Å². The van der Waals surface area contributed by atoms with Gasteiger partial charge in [-0.25, -0.2) is 0 Å².